The van der Waals surface area contributed by atoms with E-state index in [1.165, 1.54) is 18.5 Å². The molecule has 244 valence electrons. The Labute approximate surface area is 269 Å². The average molecular weight is 632 g/mol. The number of aliphatic hydroxyl groups is 1. The van der Waals surface area contributed by atoms with E-state index in [0.717, 1.165) is 35.7 Å². The number of benzene rings is 2. The SMILES string of the molecule is CCCN(CCC)C(=O)C1=CC(C)=CC(C(N)=O)([C@H](Cc2cc(F)cc(F)c2)[C@@H](O)CNCc2cccc(-c3ccncn3)c2)C1. The number of hydrogen-bond acceptors (Lipinski definition) is 6. The number of carbonyl (C=O) groups is 2. The lowest BCUT2D eigenvalue weighted by Crippen LogP contribution is -2.51. The van der Waals surface area contributed by atoms with Gasteiger partial charge < -0.3 is 21.1 Å². The molecule has 46 heavy (non-hydrogen) atoms. The van der Waals surface area contributed by atoms with Gasteiger partial charge in [0.1, 0.15) is 18.0 Å². The van der Waals surface area contributed by atoms with Gasteiger partial charge in [-0.3, -0.25) is 9.59 Å². The van der Waals surface area contributed by atoms with E-state index in [9.17, 15) is 23.5 Å². The number of aromatic nitrogens is 2. The Bertz CT molecular complexity index is 1550. The monoisotopic (exact) mass is 631 g/mol. The van der Waals surface area contributed by atoms with Crippen molar-refractivity contribution in [1.82, 2.24) is 20.2 Å². The molecule has 3 aromatic rings. The van der Waals surface area contributed by atoms with Crippen LogP contribution in [0.15, 0.2) is 84.4 Å². The maximum Gasteiger partial charge on any atom is 0.249 e. The van der Waals surface area contributed by atoms with Gasteiger partial charge >= 0.3 is 0 Å². The fourth-order valence-corrected chi connectivity index (χ4v) is 6.37. The third-order valence-corrected chi connectivity index (χ3v) is 8.37. The third-order valence-electron chi connectivity index (χ3n) is 8.37. The summed E-state index contributed by atoms with van der Waals surface area (Å²) in [6, 6.07) is 12.7. The summed E-state index contributed by atoms with van der Waals surface area (Å²) in [6.45, 7) is 7.33. The molecular weight excluding hydrogens is 588 g/mol. The molecule has 0 fully saturated rings. The Kier molecular flexibility index (Phi) is 11.9. The first-order valence-corrected chi connectivity index (χ1v) is 15.7. The number of hydrogen-bond donors (Lipinski definition) is 3. The van der Waals surface area contributed by atoms with Crippen LogP contribution >= 0.6 is 0 Å². The van der Waals surface area contributed by atoms with Gasteiger partial charge in [0.05, 0.1) is 17.2 Å². The van der Waals surface area contributed by atoms with Gasteiger partial charge in [0.2, 0.25) is 11.8 Å². The summed E-state index contributed by atoms with van der Waals surface area (Å²) in [5, 5.41) is 15.0. The predicted molar refractivity (Wildman–Crippen MR) is 174 cm³/mol. The molecule has 0 aliphatic heterocycles. The molecule has 0 radical (unpaired) electrons. The average Bonchev–Trinajstić information content (AvgIpc) is 3.03. The summed E-state index contributed by atoms with van der Waals surface area (Å²) in [7, 11) is 0. The van der Waals surface area contributed by atoms with Crippen molar-refractivity contribution < 1.29 is 23.5 Å². The minimum atomic E-state index is -1.50. The molecule has 1 unspecified atom stereocenters. The number of aliphatic hydroxyl groups excluding tert-OH is 1. The lowest BCUT2D eigenvalue weighted by molar-refractivity contribution is -0.132. The van der Waals surface area contributed by atoms with Crippen LogP contribution in [-0.4, -0.2) is 57.5 Å². The molecule has 4 rings (SSSR count). The maximum atomic E-state index is 14.3. The van der Waals surface area contributed by atoms with Crippen LogP contribution in [-0.2, 0) is 22.6 Å². The molecule has 2 aromatic carbocycles. The normalized spacial score (nSPS) is 17.5. The van der Waals surface area contributed by atoms with Crippen LogP contribution in [0.1, 0.15) is 51.2 Å². The molecule has 0 saturated heterocycles. The van der Waals surface area contributed by atoms with Crippen LogP contribution in [0, 0.1) is 23.0 Å². The van der Waals surface area contributed by atoms with Crippen LogP contribution in [0.2, 0.25) is 0 Å². The highest BCUT2D eigenvalue weighted by atomic mass is 19.1. The van der Waals surface area contributed by atoms with Gasteiger partial charge in [-0.15, -0.1) is 0 Å². The van der Waals surface area contributed by atoms with Crippen LogP contribution in [0.4, 0.5) is 8.78 Å². The topological polar surface area (TPSA) is 121 Å². The van der Waals surface area contributed by atoms with Crippen molar-refractivity contribution in [2.75, 3.05) is 19.6 Å². The van der Waals surface area contributed by atoms with Gasteiger partial charge in [0.25, 0.3) is 0 Å². The van der Waals surface area contributed by atoms with E-state index in [0.29, 0.717) is 30.8 Å². The van der Waals surface area contributed by atoms with E-state index in [4.69, 9.17) is 5.73 Å². The van der Waals surface area contributed by atoms with Crippen LogP contribution in [0.3, 0.4) is 0 Å². The summed E-state index contributed by atoms with van der Waals surface area (Å²) in [5.41, 5.74) is 8.60. The van der Waals surface area contributed by atoms with E-state index in [1.807, 2.05) is 44.2 Å². The van der Waals surface area contributed by atoms with E-state index < -0.39 is 35.0 Å². The van der Waals surface area contributed by atoms with Crippen LogP contribution in [0.25, 0.3) is 11.3 Å². The fourth-order valence-electron chi connectivity index (χ4n) is 6.37. The Morgan fingerprint density at radius 1 is 1.07 bits per heavy atom. The summed E-state index contributed by atoms with van der Waals surface area (Å²) >= 11 is 0. The number of primary amides is 1. The van der Waals surface area contributed by atoms with Crippen molar-refractivity contribution in [3.8, 4) is 11.3 Å². The maximum absolute atomic E-state index is 14.3. The first kappa shape index (κ1) is 34.6. The van der Waals surface area contributed by atoms with Gasteiger partial charge in [0, 0.05) is 55.5 Å². The molecule has 0 spiro atoms. The number of rotatable bonds is 15. The minimum Gasteiger partial charge on any atom is -0.391 e. The number of nitrogens with two attached hydrogens (primary N) is 1. The summed E-state index contributed by atoms with van der Waals surface area (Å²) < 4.78 is 28.6. The lowest BCUT2D eigenvalue weighted by Gasteiger charge is -2.42. The highest BCUT2D eigenvalue weighted by Gasteiger charge is 2.48. The molecule has 0 saturated carbocycles. The standard InChI is InChI=1S/C36H43F2N5O3/c1-4-11-43(12-5-2)34(45)28-13-24(3)19-36(20-28,35(39)46)31(17-26-15-29(37)18-30(38)16-26)33(44)22-41-21-25-7-6-8-27(14-25)32-9-10-40-23-42-32/h6-10,13-16,18-19,23,31,33,41,44H,4-5,11-12,17,20-22H2,1-3H3,(H2,39,46)/t31-,33+,36?/m1/s1. The molecule has 10 heteroatoms. The van der Waals surface area contributed by atoms with Crippen molar-refractivity contribution in [1.29, 1.82) is 0 Å². The summed E-state index contributed by atoms with van der Waals surface area (Å²) in [4.78, 5) is 37.2. The predicted octanol–water partition coefficient (Wildman–Crippen LogP) is 5.13. The Balaban J connectivity index is 1.63. The number of nitrogens with zero attached hydrogens (tertiary/aromatic N) is 3. The van der Waals surface area contributed by atoms with Crippen molar-refractivity contribution in [2.45, 2.75) is 59.1 Å². The minimum absolute atomic E-state index is 0.0388. The molecule has 1 heterocycles. The van der Waals surface area contributed by atoms with Gasteiger partial charge in [0.15, 0.2) is 0 Å². The number of halogens is 2. The Morgan fingerprint density at radius 3 is 2.41 bits per heavy atom. The Hall–Kier alpha value is -4.28. The first-order chi connectivity index (χ1) is 22.1. The van der Waals surface area contributed by atoms with Crippen LogP contribution in [0.5, 0.6) is 0 Å². The number of nitrogens with one attached hydrogen (secondary N) is 1. The van der Waals surface area contributed by atoms with Gasteiger partial charge in [-0.25, -0.2) is 18.7 Å². The quantitative estimate of drug-likeness (QED) is 0.214. The molecule has 0 bridgehead atoms. The molecule has 1 aromatic heterocycles. The second-order valence-corrected chi connectivity index (χ2v) is 12.0. The molecular formula is C36H43F2N5O3. The number of amides is 2. The lowest BCUT2D eigenvalue weighted by atomic mass is 9.63. The summed E-state index contributed by atoms with van der Waals surface area (Å²) in [5.74, 6) is -3.35. The van der Waals surface area contributed by atoms with Crippen molar-refractivity contribution in [3.05, 3.63) is 107 Å². The second kappa shape index (κ2) is 15.8. The third kappa shape index (κ3) is 8.50. The van der Waals surface area contributed by atoms with E-state index in [1.54, 1.807) is 30.2 Å². The second-order valence-electron chi connectivity index (χ2n) is 12.0. The molecule has 8 nitrogen and oxygen atoms in total. The highest BCUT2D eigenvalue weighted by Crippen LogP contribution is 2.44. The first-order valence-electron chi connectivity index (χ1n) is 15.7. The molecule has 2 amide bonds. The van der Waals surface area contributed by atoms with Gasteiger partial charge in [-0.1, -0.05) is 49.8 Å². The van der Waals surface area contributed by atoms with Crippen molar-refractivity contribution >= 4 is 11.8 Å². The fraction of sp³-hybridized carbons (Fsp3) is 0.389. The van der Waals surface area contributed by atoms with Crippen LogP contribution < -0.4 is 11.1 Å². The van der Waals surface area contributed by atoms with E-state index >= 15 is 0 Å². The zero-order valence-corrected chi connectivity index (χ0v) is 26.7. The molecule has 1 aliphatic carbocycles. The van der Waals surface area contributed by atoms with E-state index in [2.05, 4.69) is 15.3 Å². The highest BCUT2D eigenvalue weighted by molar-refractivity contribution is 5.97. The number of allylic oxidation sites excluding steroid dienone is 2. The van der Waals surface area contributed by atoms with Gasteiger partial charge in [-0.2, -0.15) is 0 Å². The van der Waals surface area contributed by atoms with E-state index in [-0.39, 0.29) is 30.9 Å². The zero-order chi connectivity index (χ0) is 33.3. The number of carbonyl (C=O) groups excluding carboxylic acids is 2. The molecule has 1 aliphatic rings. The van der Waals surface area contributed by atoms with Gasteiger partial charge in [-0.05, 0) is 68.0 Å². The Morgan fingerprint density at radius 2 is 1.78 bits per heavy atom. The largest absolute Gasteiger partial charge is 0.391 e. The summed E-state index contributed by atoms with van der Waals surface area (Å²) in [6.07, 6.45) is 6.89. The smallest absolute Gasteiger partial charge is 0.249 e. The molecule has 4 N–H and O–H groups in total. The van der Waals surface area contributed by atoms with Crippen molar-refractivity contribution in [2.24, 2.45) is 17.1 Å². The zero-order valence-electron chi connectivity index (χ0n) is 26.7. The molecule has 3 atom stereocenters. The van der Waals surface area contributed by atoms with Crippen molar-refractivity contribution in [3.63, 3.8) is 0 Å².